The van der Waals surface area contributed by atoms with Crippen molar-refractivity contribution >= 4 is 5.97 Å². The number of rotatable bonds is 0. The van der Waals surface area contributed by atoms with Crippen LogP contribution in [0.25, 0.3) is 0 Å². The number of esters is 1. The number of benzene rings is 1. The van der Waals surface area contributed by atoms with Crippen molar-refractivity contribution in [1.82, 2.24) is 0 Å². The molecule has 0 radical (unpaired) electrons. The van der Waals surface area contributed by atoms with E-state index in [-0.39, 0.29) is 18.0 Å². The third-order valence-electron chi connectivity index (χ3n) is 2.98. The molecule has 2 unspecified atom stereocenters. The Morgan fingerprint density at radius 2 is 1.92 bits per heavy atom. The lowest BCUT2D eigenvalue weighted by molar-refractivity contribution is -0.159. The summed E-state index contributed by atoms with van der Waals surface area (Å²) in [4.78, 5) is 11.4. The standard InChI is InChI=1S/C11H10O2/c12-11-9-5-6-10(13-11)8-4-2-1-3-7(8)9/h1-4,9-10H,5-6H2. The van der Waals surface area contributed by atoms with Crippen LogP contribution in [-0.2, 0) is 9.53 Å². The number of carbonyl (C=O) groups is 1. The topological polar surface area (TPSA) is 26.3 Å². The van der Waals surface area contributed by atoms with Crippen molar-refractivity contribution in [2.75, 3.05) is 0 Å². The molecule has 13 heavy (non-hydrogen) atoms. The first kappa shape index (κ1) is 7.13. The van der Waals surface area contributed by atoms with Gasteiger partial charge in [-0.15, -0.1) is 0 Å². The predicted molar refractivity (Wildman–Crippen MR) is 47.3 cm³/mol. The molecule has 0 N–H and O–H groups in total. The fourth-order valence-corrected chi connectivity index (χ4v) is 2.34. The first-order valence-electron chi connectivity index (χ1n) is 4.65. The maximum Gasteiger partial charge on any atom is 0.314 e. The molecule has 1 aromatic carbocycles. The number of ether oxygens (including phenoxy) is 1. The van der Waals surface area contributed by atoms with Gasteiger partial charge in [-0.25, -0.2) is 0 Å². The molecule has 2 heterocycles. The summed E-state index contributed by atoms with van der Waals surface area (Å²) < 4.78 is 5.27. The Morgan fingerprint density at radius 3 is 2.69 bits per heavy atom. The molecule has 2 aliphatic heterocycles. The third kappa shape index (κ3) is 0.857. The largest absolute Gasteiger partial charge is 0.457 e. The summed E-state index contributed by atoms with van der Waals surface area (Å²) in [5.74, 6) is -0.0175. The minimum atomic E-state index is -0.0325. The monoisotopic (exact) mass is 174 g/mol. The van der Waals surface area contributed by atoms with Crippen LogP contribution in [0.3, 0.4) is 0 Å². The number of carbonyl (C=O) groups excluding carboxylic acids is 1. The highest BCUT2D eigenvalue weighted by Crippen LogP contribution is 2.45. The quantitative estimate of drug-likeness (QED) is 0.563. The van der Waals surface area contributed by atoms with Crippen molar-refractivity contribution < 1.29 is 9.53 Å². The van der Waals surface area contributed by atoms with E-state index in [1.165, 1.54) is 11.1 Å². The molecule has 1 saturated heterocycles. The summed E-state index contributed by atoms with van der Waals surface area (Å²) in [5, 5.41) is 0. The minimum absolute atomic E-state index is 0.0150. The zero-order chi connectivity index (χ0) is 8.84. The van der Waals surface area contributed by atoms with Crippen molar-refractivity contribution in [1.29, 1.82) is 0 Å². The van der Waals surface area contributed by atoms with Crippen LogP contribution in [0.1, 0.15) is 36.0 Å². The van der Waals surface area contributed by atoms with Crippen LogP contribution in [0.15, 0.2) is 24.3 Å². The van der Waals surface area contributed by atoms with Gasteiger partial charge < -0.3 is 4.74 Å². The maximum atomic E-state index is 11.4. The lowest BCUT2D eigenvalue weighted by Gasteiger charge is -2.36. The molecule has 2 bridgehead atoms. The summed E-state index contributed by atoms with van der Waals surface area (Å²) in [6.45, 7) is 0. The first-order valence-corrected chi connectivity index (χ1v) is 4.65. The lowest BCUT2D eigenvalue weighted by Crippen LogP contribution is -2.32. The van der Waals surface area contributed by atoms with E-state index in [4.69, 9.17) is 4.74 Å². The summed E-state index contributed by atoms with van der Waals surface area (Å²) in [6, 6.07) is 8.12. The molecule has 3 aliphatic rings. The number of fused-ring (bicyclic) bond motifs is 2. The van der Waals surface area contributed by atoms with Gasteiger partial charge in [0.15, 0.2) is 0 Å². The highest BCUT2D eigenvalue weighted by Gasteiger charge is 2.39. The summed E-state index contributed by atoms with van der Waals surface area (Å²) in [6.07, 6.45) is 1.99. The van der Waals surface area contributed by atoms with Gasteiger partial charge in [0.1, 0.15) is 6.10 Å². The van der Waals surface area contributed by atoms with Crippen molar-refractivity contribution in [3.8, 4) is 0 Å². The molecule has 0 aromatic heterocycles. The van der Waals surface area contributed by atoms with E-state index < -0.39 is 0 Å². The van der Waals surface area contributed by atoms with Gasteiger partial charge in [0.25, 0.3) is 0 Å². The van der Waals surface area contributed by atoms with Crippen LogP contribution >= 0.6 is 0 Å². The SMILES string of the molecule is O=C1OC2CCC1c1ccccc12. The highest BCUT2D eigenvalue weighted by atomic mass is 16.5. The van der Waals surface area contributed by atoms with E-state index in [1.807, 2.05) is 18.2 Å². The summed E-state index contributed by atoms with van der Waals surface area (Å²) in [7, 11) is 0. The van der Waals surface area contributed by atoms with E-state index in [9.17, 15) is 4.79 Å². The van der Waals surface area contributed by atoms with Gasteiger partial charge in [0.2, 0.25) is 0 Å². The summed E-state index contributed by atoms with van der Waals surface area (Å²) in [5.41, 5.74) is 2.41. The molecule has 1 fully saturated rings. The maximum absolute atomic E-state index is 11.4. The van der Waals surface area contributed by atoms with Crippen molar-refractivity contribution in [2.45, 2.75) is 24.9 Å². The van der Waals surface area contributed by atoms with Crippen LogP contribution in [0, 0.1) is 0 Å². The van der Waals surface area contributed by atoms with Crippen molar-refractivity contribution in [3.05, 3.63) is 35.4 Å². The van der Waals surface area contributed by atoms with Gasteiger partial charge >= 0.3 is 5.97 Å². The molecular weight excluding hydrogens is 164 g/mol. The molecule has 2 atom stereocenters. The van der Waals surface area contributed by atoms with Crippen LogP contribution in [0.4, 0.5) is 0 Å². The van der Waals surface area contributed by atoms with Gasteiger partial charge in [0, 0.05) is 0 Å². The Kier molecular flexibility index (Phi) is 1.29. The molecule has 2 heteroatoms. The highest BCUT2D eigenvalue weighted by molar-refractivity contribution is 5.81. The van der Waals surface area contributed by atoms with E-state index in [2.05, 4.69) is 6.07 Å². The average Bonchev–Trinajstić information content (AvgIpc) is 2.19. The Balaban J connectivity index is 2.21. The van der Waals surface area contributed by atoms with Gasteiger partial charge in [-0.1, -0.05) is 24.3 Å². The second kappa shape index (κ2) is 2.34. The fraction of sp³-hybridized carbons (Fsp3) is 0.364. The predicted octanol–water partition coefficient (Wildman–Crippen LogP) is 2.16. The molecular formula is C11H10O2. The zero-order valence-electron chi connectivity index (χ0n) is 7.19. The Morgan fingerprint density at radius 1 is 1.15 bits per heavy atom. The molecule has 0 spiro atoms. The van der Waals surface area contributed by atoms with Crippen molar-refractivity contribution in [2.24, 2.45) is 0 Å². The minimum Gasteiger partial charge on any atom is -0.457 e. The van der Waals surface area contributed by atoms with Gasteiger partial charge in [-0.3, -0.25) is 4.79 Å². The normalized spacial score (nSPS) is 29.7. The molecule has 2 nitrogen and oxygen atoms in total. The first-order chi connectivity index (χ1) is 6.36. The Hall–Kier alpha value is -1.31. The lowest BCUT2D eigenvalue weighted by atomic mass is 9.79. The molecule has 4 rings (SSSR count). The van der Waals surface area contributed by atoms with Gasteiger partial charge in [-0.2, -0.15) is 0 Å². The molecule has 1 aromatic rings. The second-order valence-electron chi connectivity index (χ2n) is 3.68. The number of hydrogen-bond donors (Lipinski definition) is 0. The Bertz CT molecular complexity index is 370. The second-order valence-corrected chi connectivity index (χ2v) is 3.68. The van der Waals surface area contributed by atoms with Crippen LogP contribution in [0.2, 0.25) is 0 Å². The van der Waals surface area contributed by atoms with E-state index in [0.717, 1.165) is 12.8 Å². The fourth-order valence-electron chi connectivity index (χ4n) is 2.34. The summed E-state index contributed by atoms with van der Waals surface area (Å²) >= 11 is 0. The van der Waals surface area contributed by atoms with E-state index in [1.54, 1.807) is 0 Å². The van der Waals surface area contributed by atoms with Crippen molar-refractivity contribution in [3.63, 3.8) is 0 Å². The number of hydrogen-bond acceptors (Lipinski definition) is 2. The van der Waals surface area contributed by atoms with Crippen LogP contribution in [-0.4, -0.2) is 5.97 Å². The Labute approximate surface area is 76.5 Å². The van der Waals surface area contributed by atoms with E-state index >= 15 is 0 Å². The van der Waals surface area contributed by atoms with Gasteiger partial charge in [-0.05, 0) is 24.0 Å². The van der Waals surface area contributed by atoms with Gasteiger partial charge in [0.05, 0.1) is 5.92 Å². The molecule has 0 amide bonds. The zero-order valence-corrected chi connectivity index (χ0v) is 7.19. The molecule has 0 saturated carbocycles. The average molecular weight is 174 g/mol. The molecule has 1 aliphatic carbocycles. The van der Waals surface area contributed by atoms with Crippen LogP contribution in [0.5, 0.6) is 0 Å². The molecule has 66 valence electrons. The van der Waals surface area contributed by atoms with E-state index in [0.29, 0.717) is 0 Å². The smallest absolute Gasteiger partial charge is 0.314 e. The van der Waals surface area contributed by atoms with Crippen LogP contribution < -0.4 is 0 Å². The third-order valence-corrected chi connectivity index (χ3v) is 2.98.